The third kappa shape index (κ3) is 1.53. The van der Waals surface area contributed by atoms with Gasteiger partial charge in [-0.2, -0.15) is 0 Å². The highest BCUT2D eigenvalue weighted by Gasteiger charge is 1.98. The van der Waals surface area contributed by atoms with Crippen LogP contribution in [-0.2, 0) is 0 Å². The number of benzene rings is 2. The lowest BCUT2D eigenvalue weighted by molar-refractivity contribution is 0.824. The van der Waals surface area contributed by atoms with Crippen molar-refractivity contribution in [3.63, 3.8) is 0 Å². The molecule has 3 aromatic rings. The average Bonchev–Trinajstić information content (AvgIpc) is 2.26. The van der Waals surface area contributed by atoms with Gasteiger partial charge in [0.15, 0.2) is 0 Å². The molecule has 0 unspecified atom stereocenters. The number of hydrogen-bond acceptors (Lipinski definition) is 2. The van der Waals surface area contributed by atoms with Crippen molar-refractivity contribution < 1.29 is 5.48 Å². The number of nitrogens with zero attached hydrogens (tertiary/aromatic N) is 2. The fourth-order valence-electron chi connectivity index (χ4n) is 1.57. The van der Waals surface area contributed by atoms with Gasteiger partial charge < -0.3 is 5.48 Å². The van der Waals surface area contributed by atoms with Crippen LogP contribution in [0.15, 0.2) is 48.5 Å². The standard InChI is InChI=1S/C12H8N2.H2O/c1-2-6-10-9(5-1)13-11-7-3-4-8-12(11)14-10;/h1-8H;1H2. The van der Waals surface area contributed by atoms with Crippen LogP contribution in [-0.4, -0.2) is 15.4 Å². The van der Waals surface area contributed by atoms with E-state index in [-0.39, 0.29) is 5.48 Å². The topological polar surface area (TPSA) is 57.3 Å². The van der Waals surface area contributed by atoms with Crippen molar-refractivity contribution in [3.05, 3.63) is 48.5 Å². The summed E-state index contributed by atoms with van der Waals surface area (Å²) in [6, 6.07) is 15.8. The van der Waals surface area contributed by atoms with E-state index >= 15 is 0 Å². The zero-order chi connectivity index (χ0) is 9.38. The van der Waals surface area contributed by atoms with Crippen molar-refractivity contribution >= 4 is 22.1 Å². The molecule has 15 heavy (non-hydrogen) atoms. The Balaban J connectivity index is 0.000000853. The first-order valence-electron chi connectivity index (χ1n) is 4.55. The van der Waals surface area contributed by atoms with Crippen molar-refractivity contribution in [2.24, 2.45) is 0 Å². The Kier molecular flexibility index (Phi) is 2.31. The average molecular weight is 198 g/mol. The molecule has 0 fully saturated rings. The van der Waals surface area contributed by atoms with E-state index in [1.807, 2.05) is 48.5 Å². The summed E-state index contributed by atoms with van der Waals surface area (Å²) in [5.74, 6) is 0. The Bertz CT molecular complexity index is 502. The van der Waals surface area contributed by atoms with Gasteiger partial charge in [-0.1, -0.05) is 24.3 Å². The van der Waals surface area contributed by atoms with Gasteiger partial charge in [0.05, 0.1) is 22.1 Å². The van der Waals surface area contributed by atoms with Crippen molar-refractivity contribution in [1.82, 2.24) is 9.97 Å². The number of hydrogen-bond donors (Lipinski definition) is 0. The minimum atomic E-state index is 0. The van der Waals surface area contributed by atoms with Gasteiger partial charge in [0.2, 0.25) is 0 Å². The molecule has 0 saturated heterocycles. The molecule has 3 heteroatoms. The lowest BCUT2D eigenvalue weighted by atomic mass is 10.2. The van der Waals surface area contributed by atoms with Crippen molar-refractivity contribution in [1.29, 1.82) is 0 Å². The molecule has 1 heterocycles. The van der Waals surface area contributed by atoms with Crippen LogP contribution in [0, 0.1) is 0 Å². The smallest absolute Gasteiger partial charge is 0.0894 e. The molecule has 74 valence electrons. The van der Waals surface area contributed by atoms with Gasteiger partial charge in [-0.15, -0.1) is 0 Å². The summed E-state index contributed by atoms with van der Waals surface area (Å²) in [7, 11) is 0. The van der Waals surface area contributed by atoms with E-state index in [2.05, 4.69) is 9.97 Å². The van der Waals surface area contributed by atoms with Crippen LogP contribution in [0.5, 0.6) is 0 Å². The molecule has 0 aliphatic carbocycles. The molecule has 3 rings (SSSR count). The second-order valence-corrected chi connectivity index (χ2v) is 3.20. The van der Waals surface area contributed by atoms with E-state index in [0.717, 1.165) is 22.1 Å². The Hall–Kier alpha value is -2.00. The van der Waals surface area contributed by atoms with Crippen LogP contribution in [0.1, 0.15) is 0 Å². The first-order chi connectivity index (χ1) is 6.93. The summed E-state index contributed by atoms with van der Waals surface area (Å²) in [6.45, 7) is 0. The maximum atomic E-state index is 4.52. The van der Waals surface area contributed by atoms with Crippen LogP contribution in [0.3, 0.4) is 0 Å². The second kappa shape index (κ2) is 3.63. The van der Waals surface area contributed by atoms with Gasteiger partial charge in [-0.25, -0.2) is 9.97 Å². The molecule has 2 aromatic carbocycles. The third-order valence-electron chi connectivity index (χ3n) is 2.25. The van der Waals surface area contributed by atoms with Gasteiger partial charge >= 0.3 is 0 Å². The molecule has 0 saturated carbocycles. The zero-order valence-corrected chi connectivity index (χ0v) is 8.01. The fourth-order valence-corrected chi connectivity index (χ4v) is 1.57. The van der Waals surface area contributed by atoms with E-state index in [9.17, 15) is 0 Å². The summed E-state index contributed by atoms with van der Waals surface area (Å²) in [6.07, 6.45) is 0. The minimum absolute atomic E-state index is 0. The van der Waals surface area contributed by atoms with Gasteiger partial charge in [-0.3, -0.25) is 0 Å². The maximum Gasteiger partial charge on any atom is 0.0894 e. The van der Waals surface area contributed by atoms with Crippen LogP contribution in [0.2, 0.25) is 0 Å². The Morgan fingerprint density at radius 3 is 1.07 bits per heavy atom. The van der Waals surface area contributed by atoms with Crippen LogP contribution in [0.25, 0.3) is 22.1 Å². The zero-order valence-electron chi connectivity index (χ0n) is 8.01. The molecule has 0 bridgehead atoms. The molecule has 1 aromatic heterocycles. The normalized spacial score (nSPS) is 10.1. The molecule has 0 aliphatic rings. The highest BCUT2D eigenvalue weighted by molar-refractivity contribution is 5.85. The summed E-state index contributed by atoms with van der Waals surface area (Å²) >= 11 is 0. The van der Waals surface area contributed by atoms with E-state index in [1.165, 1.54) is 0 Å². The van der Waals surface area contributed by atoms with Gasteiger partial charge in [0.1, 0.15) is 0 Å². The van der Waals surface area contributed by atoms with Gasteiger partial charge in [-0.05, 0) is 24.3 Å². The van der Waals surface area contributed by atoms with E-state index in [0.29, 0.717) is 0 Å². The third-order valence-corrected chi connectivity index (χ3v) is 2.25. The van der Waals surface area contributed by atoms with Gasteiger partial charge in [0, 0.05) is 0 Å². The first-order valence-corrected chi connectivity index (χ1v) is 4.55. The lowest BCUT2D eigenvalue weighted by Gasteiger charge is -1.98. The van der Waals surface area contributed by atoms with Crippen molar-refractivity contribution in [3.8, 4) is 0 Å². The molecule has 0 spiro atoms. The molecular weight excluding hydrogens is 188 g/mol. The number of para-hydroxylation sites is 4. The molecule has 3 nitrogen and oxygen atoms in total. The largest absolute Gasteiger partial charge is 0.412 e. The summed E-state index contributed by atoms with van der Waals surface area (Å²) in [4.78, 5) is 9.03. The molecule has 2 N–H and O–H groups in total. The maximum absolute atomic E-state index is 4.52. The molecular formula is C12H10N2O. The number of aromatic nitrogens is 2. The first kappa shape index (κ1) is 9.55. The van der Waals surface area contributed by atoms with Crippen molar-refractivity contribution in [2.75, 3.05) is 0 Å². The molecule has 0 aliphatic heterocycles. The van der Waals surface area contributed by atoms with Crippen LogP contribution < -0.4 is 0 Å². The lowest BCUT2D eigenvalue weighted by Crippen LogP contribution is -1.85. The highest BCUT2D eigenvalue weighted by atomic mass is 16.0. The number of fused-ring (bicyclic) bond motifs is 2. The Morgan fingerprint density at radius 2 is 0.800 bits per heavy atom. The predicted octanol–water partition coefficient (Wildman–Crippen LogP) is 1.96. The highest BCUT2D eigenvalue weighted by Crippen LogP contribution is 2.14. The minimum Gasteiger partial charge on any atom is -0.412 e. The van der Waals surface area contributed by atoms with Crippen molar-refractivity contribution in [2.45, 2.75) is 0 Å². The van der Waals surface area contributed by atoms with Crippen LogP contribution >= 0.6 is 0 Å². The summed E-state index contributed by atoms with van der Waals surface area (Å²) in [5, 5.41) is 0. The van der Waals surface area contributed by atoms with E-state index in [1.54, 1.807) is 0 Å². The van der Waals surface area contributed by atoms with Crippen LogP contribution in [0.4, 0.5) is 0 Å². The Labute approximate surface area is 86.7 Å². The second-order valence-electron chi connectivity index (χ2n) is 3.20. The molecule has 0 amide bonds. The predicted molar refractivity (Wildman–Crippen MR) is 60.7 cm³/mol. The molecule has 0 radical (unpaired) electrons. The van der Waals surface area contributed by atoms with Gasteiger partial charge in [0.25, 0.3) is 0 Å². The quantitative estimate of drug-likeness (QED) is 0.518. The summed E-state index contributed by atoms with van der Waals surface area (Å²) in [5.41, 5.74) is 3.80. The monoisotopic (exact) mass is 198 g/mol. The number of rotatable bonds is 0. The molecule has 0 atom stereocenters. The van der Waals surface area contributed by atoms with E-state index in [4.69, 9.17) is 0 Å². The fraction of sp³-hybridized carbons (Fsp3) is 0. The SMILES string of the molecule is O.c1ccc2nc3ccccc3nc2c1. The van der Waals surface area contributed by atoms with E-state index < -0.39 is 0 Å². The summed E-state index contributed by atoms with van der Waals surface area (Å²) < 4.78 is 0. The Morgan fingerprint density at radius 1 is 0.533 bits per heavy atom.